The van der Waals surface area contributed by atoms with Crippen molar-refractivity contribution in [3.63, 3.8) is 0 Å². The van der Waals surface area contributed by atoms with Gasteiger partial charge in [-0.2, -0.15) is 0 Å². The van der Waals surface area contributed by atoms with Crippen LogP contribution in [0.2, 0.25) is 0 Å². The molecule has 1 heterocycles. The zero-order valence-corrected chi connectivity index (χ0v) is 10.3. The Kier molecular flexibility index (Phi) is 3.14. The molecule has 16 heavy (non-hydrogen) atoms. The summed E-state index contributed by atoms with van der Waals surface area (Å²) in [5.74, 6) is 1.68. The Hall–Kier alpha value is -1.49. The van der Waals surface area contributed by atoms with E-state index in [4.69, 9.17) is 4.74 Å². The molecule has 0 spiro atoms. The summed E-state index contributed by atoms with van der Waals surface area (Å²) in [6.45, 7) is 0. The van der Waals surface area contributed by atoms with Gasteiger partial charge in [-0.05, 0) is 18.4 Å². The largest absolute Gasteiger partial charge is 0.497 e. The highest BCUT2D eigenvalue weighted by molar-refractivity contribution is 7.98. The van der Waals surface area contributed by atoms with Gasteiger partial charge >= 0.3 is 0 Å². The van der Waals surface area contributed by atoms with Gasteiger partial charge in [-0.25, -0.2) is 0 Å². The van der Waals surface area contributed by atoms with E-state index in [1.54, 1.807) is 18.9 Å². The van der Waals surface area contributed by atoms with E-state index in [-0.39, 0.29) is 0 Å². The predicted molar refractivity (Wildman–Crippen MR) is 64.8 cm³/mol. The molecule has 1 aromatic heterocycles. The molecule has 0 atom stereocenters. The van der Waals surface area contributed by atoms with Crippen molar-refractivity contribution in [1.82, 2.24) is 14.8 Å². The van der Waals surface area contributed by atoms with Crippen LogP contribution in [0.4, 0.5) is 0 Å². The summed E-state index contributed by atoms with van der Waals surface area (Å²) >= 11 is 1.58. The molecule has 1 aromatic carbocycles. The average molecular weight is 235 g/mol. The van der Waals surface area contributed by atoms with Crippen LogP contribution in [-0.2, 0) is 7.05 Å². The van der Waals surface area contributed by atoms with Crippen LogP contribution in [0.15, 0.2) is 29.4 Å². The Balaban J connectivity index is 2.45. The summed E-state index contributed by atoms with van der Waals surface area (Å²) in [5.41, 5.74) is 1.01. The summed E-state index contributed by atoms with van der Waals surface area (Å²) in [6, 6.07) is 7.81. The topological polar surface area (TPSA) is 39.9 Å². The minimum atomic E-state index is 0.825. The van der Waals surface area contributed by atoms with Crippen molar-refractivity contribution in [3.8, 4) is 17.1 Å². The third-order valence-corrected chi connectivity index (χ3v) is 3.07. The van der Waals surface area contributed by atoms with Gasteiger partial charge in [-0.15, -0.1) is 10.2 Å². The van der Waals surface area contributed by atoms with Gasteiger partial charge in [-0.1, -0.05) is 23.9 Å². The lowest BCUT2D eigenvalue weighted by Gasteiger charge is -2.04. The average Bonchev–Trinajstić information content (AvgIpc) is 2.70. The first-order chi connectivity index (χ1) is 7.76. The maximum atomic E-state index is 5.19. The van der Waals surface area contributed by atoms with Gasteiger partial charge < -0.3 is 9.30 Å². The highest BCUT2D eigenvalue weighted by Gasteiger charge is 2.09. The molecule has 2 rings (SSSR count). The molecule has 0 saturated heterocycles. The van der Waals surface area contributed by atoms with Crippen molar-refractivity contribution in [3.05, 3.63) is 24.3 Å². The van der Waals surface area contributed by atoms with Crippen LogP contribution in [0.5, 0.6) is 5.75 Å². The zero-order chi connectivity index (χ0) is 11.5. The zero-order valence-electron chi connectivity index (χ0n) is 9.47. The summed E-state index contributed by atoms with van der Waals surface area (Å²) in [4.78, 5) is 0. The lowest BCUT2D eigenvalue weighted by molar-refractivity contribution is 0.415. The van der Waals surface area contributed by atoms with E-state index in [1.807, 2.05) is 42.1 Å². The maximum absolute atomic E-state index is 5.19. The molecule has 0 saturated carbocycles. The smallest absolute Gasteiger partial charge is 0.190 e. The van der Waals surface area contributed by atoms with E-state index < -0.39 is 0 Å². The van der Waals surface area contributed by atoms with E-state index in [0.29, 0.717) is 0 Å². The summed E-state index contributed by atoms with van der Waals surface area (Å²) in [5, 5.41) is 9.17. The maximum Gasteiger partial charge on any atom is 0.190 e. The molecular formula is C11H13N3OS. The molecule has 0 unspecified atom stereocenters. The fourth-order valence-electron chi connectivity index (χ4n) is 1.51. The van der Waals surface area contributed by atoms with Crippen LogP contribution < -0.4 is 4.74 Å². The second-order valence-electron chi connectivity index (χ2n) is 3.30. The van der Waals surface area contributed by atoms with Crippen molar-refractivity contribution in [2.24, 2.45) is 7.05 Å². The monoisotopic (exact) mass is 235 g/mol. The normalized spacial score (nSPS) is 10.4. The van der Waals surface area contributed by atoms with E-state index in [9.17, 15) is 0 Å². The molecule has 0 radical (unpaired) electrons. The minimum absolute atomic E-state index is 0.825. The number of thioether (sulfide) groups is 1. The second kappa shape index (κ2) is 4.57. The number of hydrogen-bond donors (Lipinski definition) is 0. The van der Waals surface area contributed by atoms with Crippen molar-refractivity contribution >= 4 is 11.8 Å². The first-order valence-corrected chi connectivity index (χ1v) is 6.06. The number of methoxy groups -OCH3 is 1. The summed E-state index contributed by atoms with van der Waals surface area (Å²) < 4.78 is 7.16. The van der Waals surface area contributed by atoms with Crippen LogP contribution in [-0.4, -0.2) is 28.1 Å². The standard InChI is InChI=1S/C11H13N3OS/c1-14-10(12-13-11(14)16-3)8-5-4-6-9(7-8)15-2/h4-7H,1-3H3. The van der Waals surface area contributed by atoms with E-state index in [2.05, 4.69) is 10.2 Å². The van der Waals surface area contributed by atoms with E-state index >= 15 is 0 Å². The van der Waals surface area contributed by atoms with Gasteiger partial charge in [0.1, 0.15) is 5.75 Å². The fraction of sp³-hybridized carbons (Fsp3) is 0.273. The molecule has 0 N–H and O–H groups in total. The minimum Gasteiger partial charge on any atom is -0.497 e. The van der Waals surface area contributed by atoms with Gasteiger partial charge in [0, 0.05) is 12.6 Å². The van der Waals surface area contributed by atoms with E-state index in [0.717, 1.165) is 22.3 Å². The lowest BCUT2D eigenvalue weighted by atomic mass is 10.2. The Bertz CT molecular complexity index is 496. The van der Waals surface area contributed by atoms with Crippen LogP contribution in [0.3, 0.4) is 0 Å². The molecule has 0 aliphatic rings. The number of benzene rings is 1. The van der Waals surface area contributed by atoms with Crippen LogP contribution in [0, 0.1) is 0 Å². The number of aromatic nitrogens is 3. The number of nitrogens with zero attached hydrogens (tertiary/aromatic N) is 3. The summed E-state index contributed by atoms with van der Waals surface area (Å²) in [7, 11) is 3.61. The second-order valence-corrected chi connectivity index (χ2v) is 4.07. The van der Waals surface area contributed by atoms with Crippen molar-refractivity contribution < 1.29 is 4.74 Å². The van der Waals surface area contributed by atoms with Crippen molar-refractivity contribution in [1.29, 1.82) is 0 Å². The molecule has 2 aromatic rings. The molecule has 0 fully saturated rings. The fourth-order valence-corrected chi connectivity index (χ4v) is 1.99. The van der Waals surface area contributed by atoms with Gasteiger partial charge in [-0.3, -0.25) is 0 Å². The molecule has 0 bridgehead atoms. The van der Waals surface area contributed by atoms with Crippen molar-refractivity contribution in [2.45, 2.75) is 5.16 Å². The Morgan fingerprint density at radius 3 is 2.75 bits per heavy atom. The molecule has 84 valence electrons. The van der Waals surface area contributed by atoms with Crippen molar-refractivity contribution in [2.75, 3.05) is 13.4 Å². The molecule has 4 nitrogen and oxygen atoms in total. The van der Waals surface area contributed by atoms with Gasteiger partial charge in [0.25, 0.3) is 0 Å². The molecule has 0 aliphatic carbocycles. The molecule has 0 amide bonds. The quantitative estimate of drug-likeness (QED) is 0.765. The third kappa shape index (κ3) is 1.90. The Morgan fingerprint density at radius 1 is 1.31 bits per heavy atom. The van der Waals surface area contributed by atoms with Gasteiger partial charge in [0.2, 0.25) is 0 Å². The SMILES string of the molecule is COc1cccc(-c2nnc(SC)n2C)c1. The highest BCUT2D eigenvalue weighted by atomic mass is 32.2. The Labute approximate surface area is 98.6 Å². The number of rotatable bonds is 3. The third-order valence-electron chi connectivity index (χ3n) is 2.35. The number of ether oxygens (including phenoxy) is 1. The van der Waals surface area contributed by atoms with Crippen LogP contribution in [0.25, 0.3) is 11.4 Å². The molecule has 0 aliphatic heterocycles. The van der Waals surface area contributed by atoms with Gasteiger partial charge in [0.15, 0.2) is 11.0 Å². The molecule has 5 heteroatoms. The van der Waals surface area contributed by atoms with Crippen LogP contribution in [0.1, 0.15) is 0 Å². The number of hydrogen-bond acceptors (Lipinski definition) is 4. The van der Waals surface area contributed by atoms with E-state index in [1.165, 1.54) is 0 Å². The van der Waals surface area contributed by atoms with Gasteiger partial charge in [0.05, 0.1) is 7.11 Å². The predicted octanol–water partition coefficient (Wildman–Crippen LogP) is 2.21. The summed E-state index contributed by atoms with van der Waals surface area (Å²) in [6.07, 6.45) is 1.99. The molecular weight excluding hydrogens is 222 g/mol. The first-order valence-electron chi connectivity index (χ1n) is 4.84. The first kappa shape index (κ1) is 11.0. The van der Waals surface area contributed by atoms with Crippen LogP contribution >= 0.6 is 11.8 Å². The highest BCUT2D eigenvalue weighted by Crippen LogP contribution is 2.24. The Morgan fingerprint density at radius 2 is 2.12 bits per heavy atom. The lowest BCUT2D eigenvalue weighted by Crippen LogP contribution is -1.94.